The van der Waals surface area contributed by atoms with Gasteiger partial charge in [-0.25, -0.2) is 4.79 Å². The van der Waals surface area contributed by atoms with Crippen molar-refractivity contribution in [1.82, 2.24) is 0 Å². The van der Waals surface area contributed by atoms with E-state index >= 15 is 0 Å². The summed E-state index contributed by atoms with van der Waals surface area (Å²) in [6.07, 6.45) is -5.59. The molecular formula is C10H9ClF3NO3. The summed E-state index contributed by atoms with van der Waals surface area (Å²) in [6, 6.07) is 2.27. The minimum atomic E-state index is -4.39. The average molecular weight is 284 g/mol. The monoisotopic (exact) mass is 283 g/mol. The molecular weight excluding hydrogens is 275 g/mol. The maximum atomic E-state index is 11.9. The van der Waals surface area contributed by atoms with Crippen molar-refractivity contribution in [3.8, 4) is 5.75 Å². The third-order valence-corrected chi connectivity index (χ3v) is 2.21. The summed E-state index contributed by atoms with van der Waals surface area (Å²) >= 11 is 5.68. The van der Waals surface area contributed by atoms with Crippen molar-refractivity contribution in [3.63, 3.8) is 0 Å². The maximum Gasteiger partial charge on any atom is 0.392 e. The Labute approximate surface area is 105 Å². The molecule has 0 amide bonds. The predicted octanol–water partition coefficient (Wildman–Crippen LogP) is 2.95. The highest BCUT2D eigenvalue weighted by Gasteiger charge is 2.27. The van der Waals surface area contributed by atoms with E-state index < -0.39 is 25.2 Å². The number of carbonyl (C=O) groups is 1. The fraction of sp³-hybridized carbons (Fsp3) is 0.300. The van der Waals surface area contributed by atoms with Crippen LogP contribution in [0.5, 0.6) is 5.75 Å². The van der Waals surface area contributed by atoms with E-state index in [1.165, 1.54) is 6.07 Å². The highest BCUT2D eigenvalue weighted by Crippen LogP contribution is 2.32. The van der Waals surface area contributed by atoms with E-state index in [4.69, 9.17) is 27.2 Å². The fourth-order valence-electron chi connectivity index (χ4n) is 1.19. The van der Waals surface area contributed by atoms with Crippen molar-refractivity contribution in [2.45, 2.75) is 12.6 Å². The summed E-state index contributed by atoms with van der Waals surface area (Å²) in [7, 11) is 0. The summed E-state index contributed by atoms with van der Waals surface area (Å²) in [5.74, 6) is -1.70. The number of nitrogen functional groups attached to an aromatic ring is 1. The lowest BCUT2D eigenvalue weighted by Gasteiger charge is -2.12. The largest absolute Gasteiger partial charge is 0.491 e. The number of rotatable bonds is 4. The molecule has 1 aromatic rings. The average Bonchev–Trinajstić information content (AvgIpc) is 2.18. The first kappa shape index (κ1) is 14.4. The van der Waals surface area contributed by atoms with Gasteiger partial charge < -0.3 is 15.6 Å². The van der Waals surface area contributed by atoms with Crippen LogP contribution in [0.1, 0.15) is 16.8 Å². The van der Waals surface area contributed by atoms with Gasteiger partial charge in [-0.3, -0.25) is 0 Å². The van der Waals surface area contributed by atoms with E-state index in [0.717, 1.165) is 6.07 Å². The number of hydrogen-bond acceptors (Lipinski definition) is 3. The number of ether oxygens (including phenoxy) is 1. The van der Waals surface area contributed by atoms with Crippen molar-refractivity contribution in [2.75, 3.05) is 12.3 Å². The Morgan fingerprint density at radius 3 is 2.56 bits per heavy atom. The first-order valence-electron chi connectivity index (χ1n) is 4.72. The molecule has 0 heterocycles. The molecule has 18 heavy (non-hydrogen) atoms. The zero-order valence-electron chi connectivity index (χ0n) is 8.92. The molecule has 1 rings (SSSR count). The van der Waals surface area contributed by atoms with Gasteiger partial charge in [0.25, 0.3) is 0 Å². The molecule has 0 spiro atoms. The summed E-state index contributed by atoms with van der Waals surface area (Å²) in [5.41, 5.74) is 5.09. The number of benzene rings is 1. The second-order valence-corrected chi connectivity index (χ2v) is 3.81. The number of nitrogens with two attached hydrogens (primary N) is 1. The first-order chi connectivity index (χ1) is 8.20. The van der Waals surface area contributed by atoms with E-state index in [1.54, 1.807) is 0 Å². The van der Waals surface area contributed by atoms with Gasteiger partial charge in [0, 0.05) is 5.69 Å². The van der Waals surface area contributed by atoms with Crippen LogP contribution in [0.3, 0.4) is 0 Å². The molecule has 0 aromatic heterocycles. The Bertz CT molecular complexity index is 462. The van der Waals surface area contributed by atoms with Crippen molar-refractivity contribution in [2.24, 2.45) is 0 Å². The van der Waals surface area contributed by atoms with Gasteiger partial charge in [0.15, 0.2) is 5.75 Å². The molecule has 0 aliphatic heterocycles. The van der Waals surface area contributed by atoms with E-state index in [1.807, 2.05) is 0 Å². The zero-order valence-corrected chi connectivity index (χ0v) is 9.68. The van der Waals surface area contributed by atoms with Gasteiger partial charge in [-0.05, 0) is 12.1 Å². The second kappa shape index (κ2) is 5.34. The molecule has 0 aliphatic rings. The van der Waals surface area contributed by atoms with Crippen molar-refractivity contribution >= 4 is 23.3 Å². The first-order valence-corrected chi connectivity index (χ1v) is 5.10. The van der Waals surface area contributed by atoms with Crippen LogP contribution in [0, 0.1) is 0 Å². The van der Waals surface area contributed by atoms with Gasteiger partial charge in [0.2, 0.25) is 0 Å². The topological polar surface area (TPSA) is 72.5 Å². The van der Waals surface area contributed by atoms with Crippen LogP contribution in [0.2, 0.25) is 5.02 Å². The lowest BCUT2D eigenvalue weighted by atomic mass is 10.2. The number of halogens is 4. The predicted molar refractivity (Wildman–Crippen MR) is 59.0 cm³/mol. The van der Waals surface area contributed by atoms with Gasteiger partial charge in [-0.15, -0.1) is 0 Å². The summed E-state index contributed by atoms with van der Waals surface area (Å²) in [6.45, 7) is -0.715. The number of alkyl halides is 3. The number of carboxylic acids is 1. The van der Waals surface area contributed by atoms with Crippen LogP contribution in [0.25, 0.3) is 0 Å². The SMILES string of the molecule is Nc1cc(Cl)c(OCCC(F)(F)F)c(C(=O)O)c1. The molecule has 0 saturated carbocycles. The molecule has 8 heteroatoms. The Morgan fingerprint density at radius 1 is 1.44 bits per heavy atom. The summed E-state index contributed by atoms with van der Waals surface area (Å²) < 4.78 is 40.6. The van der Waals surface area contributed by atoms with E-state index in [9.17, 15) is 18.0 Å². The van der Waals surface area contributed by atoms with Crippen molar-refractivity contribution in [1.29, 1.82) is 0 Å². The molecule has 100 valence electrons. The van der Waals surface area contributed by atoms with Crippen LogP contribution in [-0.2, 0) is 0 Å². The van der Waals surface area contributed by atoms with Crippen LogP contribution in [0.4, 0.5) is 18.9 Å². The smallest absolute Gasteiger partial charge is 0.392 e. The quantitative estimate of drug-likeness (QED) is 0.833. The highest BCUT2D eigenvalue weighted by atomic mass is 35.5. The summed E-state index contributed by atoms with van der Waals surface area (Å²) in [5, 5.41) is 8.71. The molecule has 0 unspecified atom stereocenters. The summed E-state index contributed by atoms with van der Waals surface area (Å²) in [4.78, 5) is 10.9. The molecule has 3 N–H and O–H groups in total. The van der Waals surface area contributed by atoms with Crippen LogP contribution in [0.15, 0.2) is 12.1 Å². The number of aromatic carboxylic acids is 1. The molecule has 0 saturated heterocycles. The molecule has 4 nitrogen and oxygen atoms in total. The molecule has 0 aliphatic carbocycles. The van der Waals surface area contributed by atoms with E-state index in [0.29, 0.717) is 0 Å². The van der Waals surface area contributed by atoms with Crippen molar-refractivity contribution < 1.29 is 27.8 Å². The number of hydrogen-bond donors (Lipinski definition) is 2. The van der Waals surface area contributed by atoms with Gasteiger partial charge in [-0.2, -0.15) is 13.2 Å². The van der Waals surface area contributed by atoms with Gasteiger partial charge >= 0.3 is 12.1 Å². The molecule has 0 radical (unpaired) electrons. The Kier molecular flexibility index (Phi) is 4.28. The molecule has 0 atom stereocenters. The van der Waals surface area contributed by atoms with Gasteiger partial charge in [0.05, 0.1) is 18.1 Å². The minimum Gasteiger partial charge on any atom is -0.491 e. The van der Waals surface area contributed by atoms with Crippen molar-refractivity contribution in [3.05, 3.63) is 22.7 Å². The maximum absolute atomic E-state index is 11.9. The fourth-order valence-corrected chi connectivity index (χ4v) is 1.47. The van der Waals surface area contributed by atoms with Crippen LogP contribution in [-0.4, -0.2) is 23.9 Å². The standard InChI is InChI=1S/C10H9ClF3NO3/c11-7-4-5(15)3-6(9(16)17)8(7)18-2-1-10(12,13)14/h3-4H,1-2,15H2,(H,16,17). The van der Waals surface area contributed by atoms with Crippen LogP contribution < -0.4 is 10.5 Å². The normalized spacial score (nSPS) is 11.3. The highest BCUT2D eigenvalue weighted by molar-refractivity contribution is 6.33. The lowest BCUT2D eigenvalue weighted by molar-refractivity contribution is -0.139. The Balaban J connectivity index is 2.91. The lowest BCUT2D eigenvalue weighted by Crippen LogP contribution is -2.14. The number of carboxylic acid groups (broad SMARTS) is 1. The third kappa shape index (κ3) is 3.99. The molecule has 1 aromatic carbocycles. The van der Waals surface area contributed by atoms with Gasteiger partial charge in [-0.1, -0.05) is 11.6 Å². The number of anilines is 1. The molecule has 0 fully saturated rings. The molecule has 0 bridgehead atoms. The minimum absolute atomic E-state index is 0.0839. The second-order valence-electron chi connectivity index (χ2n) is 3.40. The Hall–Kier alpha value is -1.63. The third-order valence-electron chi connectivity index (χ3n) is 1.93. The Morgan fingerprint density at radius 2 is 2.06 bits per heavy atom. The van der Waals surface area contributed by atoms with E-state index in [2.05, 4.69) is 0 Å². The van der Waals surface area contributed by atoms with Crippen LogP contribution >= 0.6 is 11.6 Å². The zero-order chi connectivity index (χ0) is 13.9. The van der Waals surface area contributed by atoms with Gasteiger partial charge in [0.1, 0.15) is 5.56 Å². The van der Waals surface area contributed by atoms with E-state index in [-0.39, 0.29) is 22.0 Å².